The van der Waals surface area contributed by atoms with Gasteiger partial charge in [0.05, 0.1) is 6.10 Å². The lowest BCUT2D eigenvalue weighted by Gasteiger charge is -2.13. The molecule has 0 aromatic heterocycles. The molecular weight excluding hydrogens is 318 g/mol. The van der Waals surface area contributed by atoms with Crippen LogP contribution < -0.4 is 15.2 Å². The highest BCUT2D eigenvalue weighted by Crippen LogP contribution is 2.26. The molecule has 0 unspecified atom stereocenters. The van der Waals surface area contributed by atoms with E-state index in [0.29, 0.717) is 18.0 Å². The van der Waals surface area contributed by atoms with Crippen LogP contribution in [-0.4, -0.2) is 6.10 Å². The Morgan fingerprint density at radius 1 is 1.05 bits per heavy atom. The summed E-state index contributed by atoms with van der Waals surface area (Å²) in [6.45, 7) is 4.45. The molecule has 0 amide bonds. The molecule has 2 aromatic rings. The number of nitrogen functional groups attached to an aromatic ring is 1. The van der Waals surface area contributed by atoms with Crippen LogP contribution in [0, 0.1) is 0 Å². The van der Waals surface area contributed by atoms with Gasteiger partial charge in [0.1, 0.15) is 18.1 Å². The lowest BCUT2D eigenvalue weighted by atomic mass is 10.2. The number of ether oxygens (including phenoxy) is 2. The van der Waals surface area contributed by atoms with E-state index in [1.54, 1.807) is 12.1 Å². The van der Waals surface area contributed by atoms with E-state index in [1.807, 2.05) is 44.2 Å². The van der Waals surface area contributed by atoms with Crippen LogP contribution in [0.4, 0.5) is 5.69 Å². The number of rotatable bonds is 5. The molecule has 0 radical (unpaired) electrons. The van der Waals surface area contributed by atoms with Gasteiger partial charge in [-0.25, -0.2) is 0 Å². The molecule has 0 saturated heterocycles. The van der Waals surface area contributed by atoms with Crippen LogP contribution in [-0.2, 0) is 6.61 Å². The van der Waals surface area contributed by atoms with Gasteiger partial charge in [-0.1, -0.05) is 28.1 Å². The molecule has 2 rings (SSSR count). The average molecular weight is 336 g/mol. The number of nitrogens with two attached hydrogens (primary N) is 1. The standard InChI is InChI=1S/C16H18BrNO2/c1-11(2)20-16-8-14(18)7-15(9-16)19-10-12-3-5-13(17)6-4-12/h3-9,11H,10,18H2,1-2H3. The minimum absolute atomic E-state index is 0.108. The lowest BCUT2D eigenvalue weighted by Crippen LogP contribution is -2.06. The first-order valence-corrected chi connectivity index (χ1v) is 7.26. The van der Waals surface area contributed by atoms with Gasteiger partial charge in [0.2, 0.25) is 0 Å². The Balaban J connectivity index is 2.05. The normalized spacial score (nSPS) is 10.6. The van der Waals surface area contributed by atoms with Gasteiger partial charge in [0, 0.05) is 28.4 Å². The molecule has 0 fully saturated rings. The van der Waals surface area contributed by atoms with E-state index in [4.69, 9.17) is 15.2 Å². The van der Waals surface area contributed by atoms with Crippen LogP contribution in [0.5, 0.6) is 11.5 Å². The number of anilines is 1. The maximum absolute atomic E-state index is 5.86. The Labute approximate surface area is 127 Å². The first-order chi connectivity index (χ1) is 9.52. The van der Waals surface area contributed by atoms with Crippen molar-refractivity contribution >= 4 is 21.6 Å². The molecule has 0 aliphatic carbocycles. The Morgan fingerprint density at radius 3 is 2.35 bits per heavy atom. The van der Waals surface area contributed by atoms with E-state index in [0.717, 1.165) is 15.8 Å². The maximum atomic E-state index is 5.86. The highest BCUT2D eigenvalue weighted by molar-refractivity contribution is 9.10. The molecule has 0 heterocycles. The summed E-state index contributed by atoms with van der Waals surface area (Å²) in [5.41, 5.74) is 7.59. The molecule has 0 aliphatic heterocycles. The molecule has 0 spiro atoms. The quantitative estimate of drug-likeness (QED) is 0.823. The summed E-state index contributed by atoms with van der Waals surface area (Å²) >= 11 is 3.41. The molecular formula is C16H18BrNO2. The van der Waals surface area contributed by atoms with Gasteiger partial charge < -0.3 is 15.2 Å². The van der Waals surface area contributed by atoms with E-state index in [9.17, 15) is 0 Å². The van der Waals surface area contributed by atoms with E-state index in [-0.39, 0.29) is 6.10 Å². The first kappa shape index (κ1) is 14.7. The molecule has 0 atom stereocenters. The Kier molecular flexibility index (Phi) is 4.90. The van der Waals surface area contributed by atoms with Gasteiger partial charge in [-0.15, -0.1) is 0 Å². The molecule has 106 valence electrons. The van der Waals surface area contributed by atoms with E-state index < -0.39 is 0 Å². The fourth-order valence-corrected chi connectivity index (χ4v) is 2.03. The summed E-state index contributed by atoms with van der Waals surface area (Å²) in [5, 5.41) is 0. The minimum Gasteiger partial charge on any atom is -0.491 e. The zero-order valence-electron chi connectivity index (χ0n) is 11.6. The molecule has 0 bridgehead atoms. The zero-order chi connectivity index (χ0) is 14.5. The summed E-state index contributed by atoms with van der Waals surface area (Å²) in [6.07, 6.45) is 0.108. The molecule has 20 heavy (non-hydrogen) atoms. The second kappa shape index (κ2) is 6.66. The summed E-state index contributed by atoms with van der Waals surface area (Å²) in [4.78, 5) is 0. The molecule has 4 heteroatoms. The third kappa shape index (κ3) is 4.46. The lowest BCUT2D eigenvalue weighted by molar-refractivity contribution is 0.239. The molecule has 0 saturated carbocycles. The summed E-state index contributed by atoms with van der Waals surface area (Å²) in [5.74, 6) is 1.44. The zero-order valence-corrected chi connectivity index (χ0v) is 13.2. The summed E-state index contributed by atoms with van der Waals surface area (Å²) in [7, 11) is 0. The van der Waals surface area contributed by atoms with Gasteiger partial charge in [-0.2, -0.15) is 0 Å². The van der Waals surface area contributed by atoms with E-state index in [1.165, 1.54) is 0 Å². The SMILES string of the molecule is CC(C)Oc1cc(N)cc(OCc2ccc(Br)cc2)c1. The van der Waals surface area contributed by atoms with Crippen molar-refractivity contribution in [1.29, 1.82) is 0 Å². The van der Waals surface area contributed by atoms with Gasteiger partial charge >= 0.3 is 0 Å². The van der Waals surface area contributed by atoms with Crippen LogP contribution in [0.1, 0.15) is 19.4 Å². The Morgan fingerprint density at radius 2 is 1.70 bits per heavy atom. The van der Waals surface area contributed by atoms with Gasteiger partial charge in [0.25, 0.3) is 0 Å². The maximum Gasteiger partial charge on any atom is 0.125 e. The van der Waals surface area contributed by atoms with E-state index >= 15 is 0 Å². The number of halogens is 1. The number of benzene rings is 2. The Bertz CT molecular complexity index is 567. The van der Waals surface area contributed by atoms with Crippen LogP contribution in [0.15, 0.2) is 46.9 Å². The third-order valence-electron chi connectivity index (χ3n) is 2.59. The molecule has 2 aromatic carbocycles. The van der Waals surface area contributed by atoms with Crippen molar-refractivity contribution in [2.24, 2.45) is 0 Å². The van der Waals surface area contributed by atoms with E-state index in [2.05, 4.69) is 15.9 Å². The topological polar surface area (TPSA) is 44.5 Å². The largest absolute Gasteiger partial charge is 0.491 e. The van der Waals surface area contributed by atoms with Crippen LogP contribution in [0.3, 0.4) is 0 Å². The number of hydrogen-bond acceptors (Lipinski definition) is 3. The highest BCUT2D eigenvalue weighted by Gasteiger charge is 2.04. The summed E-state index contributed by atoms with van der Waals surface area (Å²) in [6, 6.07) is 13.5. The van der Waals surface area contributed by atoms with Crippen molar-refractivity contribution in [2.75, 3.05) is 5.73 Å². The smallest absolute Gasteiger partial charge is 0.125 e. The average Bonchev–Trinajstić information content (AvgIpc) is 2.36. The van der Waals surface area contributed by atoms with Crippen molar-refractivity contribution in [1.82, 2.24) is 0 Å². The van der Waals surface area contributed by atoms with Gasteiger partial charge in [0.15, 0.2) is 0 Å². The summed E-state index contributed by atoms with van der Waals surface area (Å²) < 4.78 is 12.5. The molecule has 0 aliphatic rings. The Hall–Kier alpha value is -1.68. The fourth-order valence-electron chi connectivity index (χ4n) is 1.76. The third-order valence-corrected chi connectivity index (χ3v) is 3.12. The van der Waals surface area contributed by atoms with Gasteiger partial charge in [-0.05, 0) is 31.5 Å². The van der Waals surface area contributed by atoms with Crippen molar-refractivity contribution < 1.29 is 9.47 Å². The van der Waals surface area contributed by atoms with Crippen molar-refractivity contribution in [3.05, 3.63) is 52.5 Å². The first-order valence-electron chi connectivity index (χ1n) is 6.47. The van der Waals surface area contributed by atoms with Crippen molar-refractivity contribution in [2.45, 2.75) is 26.6 Å². The van der Waals surface area contributed by atoms with Crippen LogP contribution >= 0.6 is 15.9 Å². The van der Waals surface area contributed by atoms with Crippen molar-refractivity contribution in [3.63, 3.8) is 0 Å². The predicted octanol–water partition coefficient (Wildman–Crippen LogP) is 4.40. The molecule has 2 N–H and O–H groups in total. The highest BCUT2D eigenvalue weighted by atomic mass is 79.9. The predicted molar refractivity (Wildman–Crippen MR) is 85.1 cm³/mol. The molecule has 3 nitrogen and oxygen atoms in total. The second-order valence-electron chi connectivity index (χ2n) is 4.82. The van der Waals surface area contributed by atoms with Crippen molar-refractivity contribution in [3.8, 4) is 11.5 Å². The minimum atomic E-state index is 0.108. The van der Waals surface area contributed by atoms with Crippen LogP contribution in [0.2, 0.25) is 0 Å². The second-order valence-corrected chi connectivity index (χ2v) is 5.74. The fraction of sp³-hybridized carbons (Fsp3) is 0.250. The van der Waals surface area contributed by atoms with Crippen LogP contribution in [0.25, 0.3) is 0 Å². The van der Waals surface area contributed by atoms with Gasteiger partial charge in [-0.3, -0.25) is 0 Å². The monoisotopic (exact) mass is 335 g/mol. The number of hydrogen-bond donors (Lipinski definition) is 1.